The molecular formula is C13H14BrNO2S2. The van der Waals surface area contributed by atoms with Crippen molar-refractivity contribution in [2.75, 3.05) is 12.8 Å². The lowest BCUT2D eigenvalue weighted by Crippen LogP contribution is -2.02. The van der Waals surface area contributed by atoms with Crippen molar-refractivity contribution in [3.8, 4) is 9.75 Å². The minimum atomic E-state index is -0.365. The first kappa shape index (κ1) is 14.6. The van der Waals surface area contributed by atoms with E-state index in [1.165, 1.54) is 24.0 Å². The Labute approximate surface area is 128 Å². The number of anilines is 1. The number of carbonyl (C=O) groups excluding carboxylic acids is 1. The lowest BCUT2D eigenvalue weighted by Gasteiger charge is -1.99. The Balaban J connectivity index is 2.60. The molecule has 6 heteroatoms. The van der Waals surface area contributed by atoms with Crippen molar-refractivity contribution < 1.29 is 9.53 Å². The van der Waals surface area contributed by atoms with Crippen LogP contribution >= 0.6 is 38.6 Å². The fourth-order valence-corrected chi connectivity index (χ4v) is 4.74. The number of methoxy groups -OCH3 is 1. The van der Waals surface area contributed by atoms with E-state index in [4.69, 9.17) is 10.5 Å². The maximum atomic E-state index is 11.7. The molecule has 0 spiro atoms. The van der Waals surface area contributed by atoms with Crippen LogP contribution < -0.4 is 5.73 Å². The Morgan fingerprint density at radius 3 is 2.63 bits per heavy atom. The van der Waals surface area contributed by atoms with Crippen LogP contribution in [0.2, 0.25) is 0 Å². The van der Waals surface area contributed by atoms with Gasteiger partial charge in [0.1, 0.15) is 4.88 Å². The summed E-state index contributed by atoms with van der Waals surface area (Å²) in [4.78, 5) is 14.4. The van der Waals surface area contributed by atoms with Crippen molar-refractivity contribution in [3.63, 3.8) is 0 Å². The van der Waals surface area contributed by atoms with Crippen molar-refractivity contribution in [2.45, 2.75) is 20.3 Å². The number of hydrogen-bond donors (Lipinski definition) is 1. The number of halogens is 1. The molecule has 2 aromatic heterocycles. The number of carbonyl (C=O) groups is 1. The molecule has 2 aromatic rings. The minimum absolute atomic E-state index is 0.365. The van der Waals surface area contributed by atoms with E-state index in [0.717, 1.165) is 25.5 Å². The highest BCUT2D eigenvalue weighted by Gasteiger charge is 2.22. The van der Waals surface area contributed by atoms with E-state index < -0.39 is 0 Å². The van der Waals surface area contributed by atoms with Crippen LogP contribution in [0.15, 0.2) is 9.85 Å². The highest BCUT2D eigenvalue weighted by molar-refractivity contribution is 9.11. The van der Waals surface area contributed by atoms with E-state index in [1.807, 2.05) is 13.8 Å². The van der Waals surface area contributed by atoms with Gasteiger partial charge in [-0.25, -0.2) is 4.79 Å². The van der Waals surface area contributed by atoms with E-state index in [-0.39, 0.29) is 5.97 Å². The number of esters is 1. The van der Waals surface area contributed by atoms with E-state index in [9.17, 15) is 4.79 Å². The summed E-state index contributed by atoms with van der Waals surface area (Å²) in [5, 5.41) is 0. The Morgan fingerprint density at radius 1 is 1.47 bits per heavy atom. The molecule has 0 saturated heterocycles. The average Bonchev–Trinajstić information content (AvgIpc) is 2.89. The van der Waals surface area contributed by atoms with Gasteiger partial charge in [0.05, 0.1) is 21.5 Å². The standard InChI is InChI=1S/C13H14BrNO2S2/c1-4-7-9(15)11(13(16)17-3)19-10(7)8-5-6(2)12(14)18-8/h5H,4,15H2,1-3H3. The van der Waals surface area contributed by atoms with Crippen LogP contribution in [0.4, 0.5) is 5.69 Å². The zero-order valence-corrected chi connectivity index (χ0v) is 14.1. The zero-order chi connectivity index (χ0) is 14.2. The van der Waals surface area contributed by atoms with Crippen molar-refractivity contribution in [1.82, 2.24) is 0 Å². The minimum Gasteiger partial charge on any atom is -0.465 e. The molecule has 0 aromatic carbocycles. The predicted molar refractivity (Wildman–Crippen MR) is 85.2 cm³/mol. The summed E-state index contributed by atoms with van der Waals surface area (Å²) in [6.45, 7) is 4.09. The van der Waals surface area contributed by atoms with Gasteiger partial charge in [0, 0.05) is 4.88 Å². The first-order chi connectivity index (χ1) is 8.99. The molecular weight excluding hydrogens is 346 g/mol. The fraction of sp³-hybridized carbons (Fsp3) is 0.308. The number of aryl methyl sites for hydroxylation is 1. The number of hydrogen-bond acceptors (Lipinski definition) is 5. The second-order valence-corrected chi connectivity index (χ2v) is 7.46. The molecule has 0 bridgehead atoms. The molecule has 0 aliphatic heterocycles. The third-order valence-corrected chi connectivity index (χ3v) is 6.40. The molecule has 0 amide bonds. The van der Waals surface area contributed by atoms with Crippen LogP contribution in [-0.4, -0.2) is 13.1 Å². The Bertz CT molecular complexity index is 611. The Kier molecular flexibility index (Phi) is 4.32. The molecule has 2 heterocycles. The van der Waals surface area contributed by atoms with Crippen LogP contribution in [0.25, 0.3) is 9.75 Å². The van der Waals surface area contributed by atoms with Gasteiger partial charge in [0.15, 0.2) is 0 Å². The molecule has 0 aliphatic carbocycles. The summed E-state index contributed by atoms with van der Waals surface area (Å²) in [5.74, 6) is -0.365. The number of thiophene rings is 2. The molecule has 0 unspecified atom stereocenters. The topological polar surface area (TPSA) is 52.3 Å². The summed E-state index contributed by atoms with van der Waals surface area (Å²) in [7, 11) is 1.37. The molecule has 3 nitrogen and oxygen atoms in total. The molecule has 2 N–H and O–H groups in total. The summed E-state index contributed by atoms with van der Waals surface area (Å²) >= 11 is 6.59. The highest BCUT2D eigenvalue weighted by Crippen LogP contribution is 2.44. The second-order valence-electron chi connectivity index (χ2n) is 4.07. The fourth-order valence-electron chi connectivity index (χ4n) is 1.84. The summed E-state index contributed by atoms with van der Waals surface area (Å²) in [6, 6.07) is 2.11. The van der Waals surface area contributed by atoms with E-state index in [2.05, 4.69) is 22.0 Å². The average molecular weight is 360 g/mol. The third kappa shape index (κ3) is 2.57. The van der Waals surface area contributed by atoms with Crippen molar-refractivity contribution >= 4 is 50.3 Å². The second kappa shape index (κ2) is 5.64. The Morgan fingerprint density at radius 2 is 2.16 bits per heavy atom. The summed E-state index contributed by atoms with van der Waals surface area (Å²) in [5.41, 5.74) is 8.84. The zero-order valence-electron chi connectivity index (χ0n) is 10.9. The van der Waals surface area contributed by atoms with Crippen LogP contribution in [-0.2, 0) is 11.2 Å². The van der Waals surface area contributed by atoms with Gasteiger partial charge in [-0.05, 0) is 46.5 Å². The van der Waals surface area contributed by atoms with Gasteiger partial charge in [-0.2, -0.15) is 0 Å². The van der Waals surface area contributed by atoms with Crippen molar-refractivity contribution in [1.29, 1.82) is 0 Å². The first-order valence-corrected chi connectivity index (χ1v) is 8.17. The largest absolute Gasteiger partial charge is 0.465 e. The van der Waals surface area contributed by atoms with E-state index >= 15 is 0 Å². The van der Waals surface area contributed by atoms with Gasteiger partial charge in [-0.3, -0.25) is 0 Å². The smallest absolute Gasteiger partial charge is 0.350 e. The van der Waals surface area contributed by atoms with Crippen LogP contribution in [0, 0.1) is 6.92 Å². The van der Waals surface area contributed by atoms with Crippen molar-refractivity contribution in [2.24, 2.45) is 0 Å². The molecule has 0 fully saturated rings. The van der Waals surface area contributed by atoms with Gasteiger partial charge in [0.2, 0.25) is 0 Å². The lowest BCUT2D eigenvalue weighted by atomic mass is 10.1. The molecule has 2 rings (SSSR count). The molecule has 19 heavy (non-hydrogen) atoms. The quantitative estimate of drug-likeness (QED) is 0.821. The lowest BCUT2D eigenvalue weighted by molar-refractivity contribution is 0.0607. The Hall–Kier alpha value is -0.850. The number of nitrogen functional groups attached to an aromatic ring is 1. The van der Waals surface area contributed by atoms with Gasteiger partial charge < -0.3 is 10.5 Å². The monoisotopic (exact) mass is 359 g/mol. The highest BCUT2D eigenvalue weighted by atomic mass is 79.9. The molecule has 0 radical (unpaired) electrons. The van der Waals surface area contributed by atoms with E-state index in [0.29, 0.717) is 10.6 Å². The van der Waals surface area contributed by atoms with Crippen molar-refractivity contribution in [3.05, 3.63) is 25.9 Å². The molecule has 0 atom stereocenters. The summed E-state index contributed by atoms with van der Waals surface area (Å²) < 4.78 is 5.89. The molecule has 0 saturated carbocycles. The van der Waals surface area contributed by atoms with E-state index in [1.54, 1.807) is 11.3 Å². The number of nitrogens with two attached hydrogens (primary N) is 1. The molecule has 0 aliphatic rings. The van der Waals surface area contributed by atoms with Gasteiger partial charge in [-0.15, -0.1) is 22.7 Å². The summed E-state index contributed by atoms with van der Waals surface area (Å²) in [6.07, 6.45) is 0.795. The SMILES string of the molecule is CCc1c(-c2cc(C)c(Br)s2)sc(C(=O)OC)c1N. The predicted octanol–water partition coefficient (Wildman–Crippen LogP) is 4.48. The van der Waals surface area contributed by atoms with Gasteiger partial charge in [0.25, 0.3) is 0 Å². The maximum absolute atomic E-state index is 11.7. The van der Waals surface area contributed by atoms with Gasteiger partial charge in [-0.1, -0.05) is 6.92 Å². The normalized spacial score (nSPS) is 10.7. The molecule has 102 valence electrons. The van der Waals surface area contributed by atoms with Gasteiger partial charge >= 0.3 is 5.97 Å². The maximum Gasteiger partial charge on any atom is 0.350 e. The van der Waals surface area contributed by atoms with Crippen LogP contribution in [0.3, 0.4) is 0 Å². The van der Waals surface area contributed by atoms with Crippen LogP contribution in [0.5, 0.6) is 0 Å². The third-order valence-electron chi connectivity index (χ3n) is 2.85. The van der Waals surface area contributed by atoms with Crippen LogP contribution in [0.1, 0.15) is 27.7 Å². The first-order valence-electron chi connectivity index (χ1n) is 5.75. The number of ether oxygens (including phenoxy) is 1. The number of rotatable bonds is 3.